The Hall–Kier alpha value is -3.29. The van der Waals surface area contributed by atoms with Crippen LogP contribution in [0.1, 0.15) is 23.1 Å². The third-order valence-electron chi connectivity index (χ3n) is 3.76. The van der Waals surface area contributed by atoms with Crippen LogP contribution in [0, 0.1) is 6.92 Å². The number of esters is 1. The summed E-state index contributed by atoms with van der Waals surface area (Å²) in [5, 5.41) is 8.06. The zero-order valence-corrected chi connectivity index (χ0v) is 13.2. The highest BCUT2D eigenvalue weighted by Crippen LogP contribution is 2.24. The van der Waals surface area contributed by atoms with Gasteiger partial charge in [0.05, 0.1) is 12.3 Å². The number of fused-ring (bicyclic) bond motifs is 2. The summed E-state index contributed by atoms with van der Waals surface area (Å²) < 4.78 is 8.64. The third kappa shape index (κ3) is 2.11. The summed E-state index contributed by atoms with van der Waals surface area (Å²) in [5.74, 6) is -0.482. The predicted octanol–water partition coefficient (Wildman–Crippen LogP) is 1.92. The van der Waals surface area contributed by atoms with Crippen molar-refractivity contribution < 1.29 is 9.53 Å². The normalized spacial score (nSPS) is 11.2. The van der Waals surface area contributed by atoms with Gasteiger partial charge in [0.15, 0.2) is 17.0 Å². The van der Waals surface area contributed by atoms with Crippen LogP contribution in [0.2, 0.25) is 0 Å². The summed E-state index contributed by atoms with van der Waals surface area (Å²) in [6, 6.07) is 5.74. The van der Waals surface area contributed by atoms with Gasteiger partial charge < -0.3 is 4.74 Å². The second-order valence-electron chi connectivity index (χ2n) is 5.27. The van der Waals surface area contributed by atoms with E-state index in [9.17, 15) is 4.79 Å². The van der Waals surface area contributed by atoms with E-state index in [2.05, 4.69) is 20.2 Å². The van der Waals surface area contributed by atoms with Gasteiger partial charge in [-0.3, -0.25) is 8.80 Å². The smallest absolute Gasteiger partial charge is 0.360 e. The van der Waals surface area contributed by atoms with Crippen LogP contribution in [0.4, 0.5) is 0 Å². The van der Waals surface area contributed by atoms with Crippen LogP contribution in [-0.2, 0) is 4.74 Å². The van der Waals surface area contributed by atoms with Gasteiger partial charge >= 0.3 is 5.97 Å². The lowest BCUT2D eigenvalue weighted by atomic mass is 10.1. The minimum atomic E-state index is -0.482. The first kappa shape index (κ1) is 14.3. The second kappa shape index (κ2) is 5.41. The molecular formula is C16H14N6O2. The summed E-state index contributed by atoms with van der Waals surface area (Å²) in [6.45, 7) is 3.97. The number of nitrogens with zero attached hydrogens (tertiary/aromatic N) is 6. The lowest BCUT2D eigenvalue weighted by molar-refractivity contribution is 0.0522. The fraction of sp³-hybridized carbons (Fsp3) is 0.188. The average Bonchev–Trinajstić information content (AvgIpc) is 3.21. The number of ether oxygens (including phenoxy) is 1. The molecule has 0 bridgehead atoms. The summed E-state index contributed by atoms with van der Waals surface area (Å²) in [5.41, 5.74) is 3.80. The number of carbonyl (C=O) groups is 1. The maximum atomic E-state index is 12.1. The number of aryl methyl sites for hydroxylation is 1. The molecule has 120 valence electrons. The number of pyridine rings is 1. The molecule has 8 nitrogen and oxygen atoms in total. The molecule has 24 heavy (non-hydrogen) atoms. The molecule has 0 unspecified atom stereocenters. The van der Waals surface area contributed by atoms with Crippen LogP contribution < -0.4 is 0 Å². The Balaban J connectivity index is 1.95. The first-order chi connectivity index (χ1) is 11.7. The van der Waals surface area contributed by atoms with E-state index in [-0.39, 0.29) is 12.3 Å². The molecule has 0 saturated heterocycles. The Morgan fingerprint density at radius 3 is 3.00 bits per heavy atom. The highest BCUT2D eigenvalue weighted by atomic mass is 16.5. The van der Waals surface area contributed by atoms with Crippen LogP contribution in [0.5, 0.6) is 0 Å². The molecule has 0 amide bonds. The minimum Gasteiger partial charge on any atom is -0.461 e. The Morgan fingerprint density at radius 1 is 1.29 bits per heavy atom. The fourth-order valence-electron chi connectivity index (χ4n) is 2.65. The van der Waals surface area contributed by atoms with Crippen LogP contribution in [-0.4, -0.2) is 41.5 Å². The van der Waals surface area contributed by atoms with Crippen molar-refractivity contribution >= 4 is 17.3 Å². The van der Waals surface area contributed by atoms with Crippen molar-refractivity contribution in [2.45, 2.75) is 13.8 Å². The highest BCUT2D eigenvalue weighted by Gasteiger charge is 2.18. The van der Waals surface area contributed by atoms with Gasteiger partial charge in [0, 0.05) is 17.5 Å². The summed E-state index contributed by atoms with van der Waals surface area (Å²) in [7, 11) is 0. The van der Waals surface area contributed by atoms with E-state index in [1.807, 2.05) is 35.7 Å². The van der Waals surface area contributed by atoms with Gasteiger partial charge in [-0.1, -0.05) is 0 Å². The number of hydrogen-bond donors (Lipinski definition) is 0. The molecule has 4 aromatic rings. The van der Waals surface area contributed by atoms with E-state index in [0.29, 0.717) is 17.0 Å². The summed E-state index contributed by atoms with van der Waals surface area (Å²) >= 11 is 0. The molecular weight excluding hydrogens is 308 g/mol. The average molecular weight is 322 g/mol. The first-order valence-electron chi connectivity index (χ1n) is 7.49. The van der Waals surface area contributed by atoms with Gasteiger partial charge in [-0.05, 0) is 32.0 Å². The Bertz CT molecular complexity index is 1060. The number of carbonyl (C=O) groups excluding carboxylic acids is 1. The van der Waals surface area contributed by atoms with Crippen LogP contribution in [0.25, 0.3) is 22.6 Å². The first-order valence-corrected chi connectivity index (χ1v) is 7.49. The zero-order chi connectivity index (χ0) is 16.7. The molecule has 4 aromatic heterocycles. The molecule has 0 spiro atoms. The van der Waals surface area contributed by atoms with E-state index in [4.69, 9.17) is 4.74 Å². The third-order valence-corrected chi connectivity index (χ3v) is 3.76. The molecule has 0 aromatic carbocycles. The van der Waals surface area contributed by atoms with Gasteiger partial charge in [0.2, 0.25) is 0 Å². The van der Waals surface area contributed by atoms with Gasteiger partial charge in [0.25, 0.3) is 0 Å². The molecule has 0 saturated carbocycles. The fourth-order valence-corrected chi connectivity index (χ4v) is 2.65. The van der Waals surface area contributed by atoms with Crippen LogP contribution in [0.15, 0.2) is 37.1 Å². The van der Waals surface area contributed by atoms with Crippen molar-refractivity contribution in [1.82, 2.24) is 29.0 Å². The topological polar surface area (TPSA) is 86.7 Å². The predicted molar refractivity (Wildman–Crippen MR) is 85.7 cm³/mol. The molecule has 8 heteroatoms. The Morgan fingerprint density at radius 2 is 2.17 bits per heavy atom. The van der Waals surface area contributed by atoms with Crippen molar-refractivity contribution in [3.63, 3.8) is 0 Å². The number of rotatable bonds is 3. The van der Waals surface area contributed by atoms with Gasteiger partial charge in [-0.15, -0.1) is 10.2 Å². The molecule has 0 aliphatic heterocycles. The van der Waals surface area contributed by atoms with Gasteiger partial charge in [-0.25, -0.2) is 14.8 Å². The second-order valence-corrected chi connectivity index (χ2v) is 5.27. The molecule has 0 aliphatic rings. The Kier molecular flexibility index (Phi) is 3.23. The monoisotopic (exact) mass is 322 g/mol. The molecule has 0 fully saturated rings. The SMILES string of the molecule is CCOC(=O)c1ncn2c(C)cc(-c3cccn4cnnc34)nc12. The lowest BCUT2D eigenvalue weighted by Crippen LogP contribution is -2.07. The summed E-state index contributed by atoms with van der Waals surface area (Å²) in [4.78, 5) is 20.9. The molecule has 0 aliphatic carbocycles. The quantitative estimate of drug-likeness (QED) is 0.536. The largest absolute Gasteiger partial charge is 0.461 e. The number of aromatic nitrogens is 6. The molecule has 4 rings (SSSR count). The van der Waals surface area contributed by atoms with Gasteiger partial charge in [0.1, 0.15) is 12.7 Å². The van der Waals surface area contributed by atoms with E-state index < -0.39 is 5.97 Å². The van der Waals surface area contributed by atoms with Crippen molar-refractivity contribution in [3.8, 4) is 11.3 Å². The lowest BCUT2D eigenvalue weighted by Gasteiger charge is -2.07. The maximum absolute atomic E-state index is 12.1. The molecule has 0 atom stereocenters. The van der Waals surface area contributed by atoms with Crippen molar-refractivity contribution in [2.75, 3.05) is 6.61 Å². The summed E-state index contributed by atoms with van der Waals surface area (Å²) in [6.07, 6.45) is 5.07. The molecule has 0 N–H and O–H groups in total. The van der Waals surface area contributed by atoms with E-state index >= 15 is 0 Å². The maximum Gasteiger partial charge on any atom is 0.360 e. The van der Waals surface area contributed by atoms with Crippen LogP contribution >= 0.6 is 0 Å². The molecule has 4 heterocycles. The minimum absolute atomic E-state index is 0.204. The van der Waals surface area contributed by atoms with E-state index in [1.54, 1.807) is 24.0 Å². The zero-order valence-electron chi connectivity index (χ0n) is 13.2. The van der Waals surface area contributed by atoms with Crippen LogP contribution in [0.3, 0.4) is 0 Å². The van der Waals surface area contributed by atoms with E-state index in [0.717, 1.165) is 11.3 Å². The van der Waals surface area contributed by atoms with Crippen molar-refractivity contribution in [1.29, 1.82) is 0 Å². The Labute approximate surface area is 136 Å². The van der Waals surface area contributed by atoms with E-state index in [1.165, 1.54) is 0 Å². The number of imidazole rings is 1. The molecule has 0 radical (unpaired) electrons. The standard InChI is InChI=1S/C16H14N6O2/c1-3-24-16(23)13-15-19-12(7-10(2)22(15)8-17-13)11-5-4-6-21-9-18-20-14(11)21/h4-9H,3H2,1-2H3. The number of hydrogen-bond acceptors (Lipinski definition) is 6. The van der Waals surface area contributed by atoms with Gasteiger partial charge in [-0.2, -0.15) is 0 Å². The van der Waals surface area contributed by atoms with Crippen molar-refractivity contribution in [2.24, 2.45) is 0 Å². The van der Waals surface area contributed by atoms with Crippen molar-refractivity contribution in [3.05, 3.63) is 48.4 Å². The highest BCUT2D eigenvalue weighted by molar-refractivity contribution is 5.94.